The van der Waals surface area contributed by atoms with Crippen LogP contribution in [0.4, 0.5) is 10.1 Å². The summed E-state index contributed by atoms with van der Waals surface area (Å²) < 4.78 is 45.1. The molecule has 0 atom stereocenters. The molecule has 2 rings (SSSR count). The molecule has 0 saturated carbocycles. The molecule has 21 heavy (non-hydrogen) atoms. The van der Waals surface area contributed by atoms with Gasteiger partial charge in [-0.1, -0.05) is 0 Å². The third-order valence-electron chi connectivity index (χ3n) is 2.72. The summed E-state index contributed by atoms with van der Waals surface area (Å²) in [5, 5.41) is 8.98. The van der Waals surface area contributed by atoms with Crippen LogP contribution in [-0.2, 0) is 16.6 Å². The Labute approximate surface area is 121 Å². The highest BCUT2D eigenvalue weighted by Crippen LogP contribution is 2.24. The van der Waals surface area contributed by atoms with Gasteiger partial charge < -0.3 is 10.1 Å². The average molecular weight is 314 g/mol. The standard InChI is InChI=1S/C12H15FN4O3S/c1-14-6-8-7-15-16-12(8)21(18,19)17-9-3-4-10(13)11(5-9)20-2/h3-5,7,14,17H,6H2,1-2H3,(H,15,16). The molecule has 1 heterocycles. The fourth-order valence-electron chi connectivity index (χ4n) is 1.78. The van der Waals surface area contributed by atoms with Crippen molar-refractivity contribution in [3.05, 3.63) is 35.8 Å². The lowest BCUT2D eigenvalue weighted by Gasteiger charge is -2.10. The Kier molecular flexibility index (Phi) is 4.43. The molecule has 2 aromatic rings. The molecule has 9 heteroatoms. The summed E-state index contributed by atoms with van der Waals surface area (Å²) in [6.07, 6.45) is 1.43. The smallest absolute Gasteiger partial charge is 0.279 e. The van der Waals surface area contributed by atoms with Gasteiger partial charge in [0.05, 0.1) is 19.0 Å². The van der Waals surface area contributed by atoms with E-state index < -0.39 is 15.8 Å². The number of H-pyrrole nitrogens is 1. The molecule has 0 radical (unpaired) electrons. The van der Waals surface area contributed by atoms with Crippen molar-refractivity contribution in [3.63, 3.8) is 0 Å². The van der Waals surface area contributed by atoms with E-state index in [1.165, 1.54) is 25.4 Å². The molecule has 0 aliphatic heterocycles. The molecule has 114 valence electrons. The molecular weight excluding hydrogens is 299 g/mol. The van der Waals surface area contributed by atoms with Crippen molar-refractivity contribution in [2.75, 3.05) is 18.9 Å². The Balaban J connectivity index is 2.31. The SMILES string of the molecule is CNCc1cn[nH]c1S(=O)(=O)Nc1ccc(F)c(OC)c1. The lowest BCUT2D eigenvalue weighted by Crippen LogP contribution is -2.17. The van der Waals surface area contributed by atoms with Gasteiger partial charge in [-0.05, 0) is 19.2 Å². The fraction of sp³-hybridized carbons (Fsp3) is 0.250. The van der Waals surface area contributed by atoms with Crippen LogP contribution in [-0.4, -0.2) is 32.8 Å². The van der Waals surface area contributed by atoms with Crippen molar-refractivity contribution in [1.82, 2.24) is 15.5 Å². The van der Waals surface area contributed by atoms with E-state index in [9.17, 15) is 12.8 Å². The van der Waals surface area contributed by atoms with Gasteiger partial charge in [0.2, 0.25) is 0 Å². The quantitative estimate of drug-likeness (QED) is 0.741. The van der Waals surface area contributed by atoms with Gasteiger partial charge in [-0.15, -0.1) is 0 Å². The minimum absolute atomic E-state index is 0.0415. The first-order valence-corrected chi connectivity index (χ1v) is 7.49. The first-order chi connectivity index (χ1) is 9.97. The zero-order valence-electron chi connectivity index (χ0n) is 11.5. The molecule has 7 nitrogen and oxygen atoms in total. The van der Waals surface area contributed by atoms with Crippen molar-refractivity contribution in [2.24, 2.45) is 0 Å². The van der Waals surface area contributed by atoms with Gasteiger partial charge in [-0.3, -0.25) is 9.82 Å². The molecule has 1 aromatic carbocycles. The minimum Gasteiger partial charge on any atom is -0.494 e. The van der Waals surface area contributed by atoms with Gasteiger partial charge in [0.1, 0.15) is 0 Å². The Morgan fingerprint density at radius 3 is 2.86 bits per heavy atom. The van der Waals surface area contributed by atoms with E-state index in [2.05, 4.69) is 20.2 Å². The molecule has 0 fully saturated rings. The van der Waals surface area contributed by atoms with Crippen LogP contribution in [0.2, 0.25) is 0 Å². The number of halogens is 1. The third kappa shape index (κ3) is 3.31. The normalized spacial score (nSPS) is 11.4. The predicted molar refractivity (Wildman–Crippen MR) is 75.1 cm³/mol. The van der Waals surface area contributed by atoms with Crippen LogP contribution < -0.4 is 14.8 Å². The van der Waals surface area contributed by atoms with E-state index in [-0.39, 0.29) is 16.5 Å². The number of rotatable bonds is 6. The Morgan fingerprint density at radius 1 is 1.43 bits per heavy atom. The number of sulfonamides is 1. The maximum Gasteiger partial charge on any atom is 0.279 e. The predicted octanol–water partition coefficient (Wildman–Crippen LogP) is 1.08. The van der Waals surface area contributed by atoms with Crippen LogP contribution >= 0.6 is 0 Å². The lowest BCUT2D eigenvalue weighted by molar-refractivity contribution is 0.387. The van der Waals surface area contributed by atoms with Crippen molar-refractivity contribution < 1.29 is 17.5 Å². The van der Waals surface area contributed by atoms with Crippen molar-refractivity contribution in [3.8, 4) is 5.75 Å². The maximum absolute atomic E-state index is 13.3. The van der Waals surface area contributed by atoms with E-state index in [0.717, 1.165) is 6.07 Å². The molecule has 0 saturated heterocycles. The highest BCUT2D eigenvalue weighted by atomic mass is 32.2. The Morgan fingerprint density at radius 2 is 2.19 bits per heavy atom. The topological polar surface area (TPSA) is 96.1 Å². The second-order valence-electron chi connectivity index (χ2n) is 4.21. The third-order valence-corrected chi connectivity index (χ3v) is 4.11. The van der Waals surface area contributed by atoms with Crippen LogP contribution in [0.5, 0.6) is 5.75 Å². The summed E-state index contributed by atoms with van der Waals surface area (Å²) in [6.45, 7) is 0.347. The number of hydrogen-bond acceptors (Lipinski definition) is 5. The van der Waals surface area contributed by atoms with E-state index in [1.807, 2.05) is 0 Å². The number of ether oxygens (including phenoxy) is 1. The van der Waals surface area contributed by atoms with E-state index in [4.69, 9.17) is 4.74 Å². The van der Waals surface area contributed by atoms with Crippen molar-refractivity contribution >= 4 is 15.7 Å². The van der Waals surface area contributed by atoms with Crippen LogP contribution in [0.25, 0.3) is 0 Å². The number of methoxy groups -OCH3 is 1. The molecule has 0 unspecified atom stereocenters. The van der Waals surface area contributed by atoms with Gasteiger partial charge in [0.25, 0.3) is 10.0 Å². The summed E-state index contributed by atoms with van der Waals surface area (Å²) in [7, 11) is -0.848. The number of hydrogen-bond donors (Lipinski definition) is 3. The maximum atomic E-state index is 13.3. The van der Waals surface area contributed by atoms with Gasteiger partial charge >= 0.3 is 0 Å². The van der Waals surface area contributed by atoms with Crippen LogP contribution in [0.1, 0.15) is 5.56 Å². The average Bonchev–Trinajstić information content (AvgIpc) is 2.90. The second kappa shape index (κ2) is 6.10. The zero-order chi connectivity index (χ0) is 15.5. The first kappa shape index (κ1) is 15.3. The van der Waals surface area contributed by atoms with Gasteiger partial charge in [0, 0.05) is 18.2 Å². The highest BCUT2D eigenvalue weighted by Gasteiger charge is 2.21. The van der Waals surface area contributed by atoms with Crippen molar-refractivity contribution in [1.29, 1.82) is 0 Å². The lowest BCUT2D eigenvalue weighted by atomic mass is 10.3. The number of nitrogens with one attached hydrogen (secondary N) is 3. The molecule has 0 aliphatic rings. The van der Waals surface area contributed by atoms with E-state index in [1.54, 1.807) is 7.05 Å². The molecule has 0 bridgehead atoms. The van der Waals surface area contributed by atoms with E-state index >= 15 is 0 Å². The molecule has 1 aromatic heterocycles. The number of nitrogens with zero attached hydrogens (tertiary/aromatic N) is 1. The largest absolute Gasteiger partial charge is 0.494 e. The number of anilines is 1. The van der Waals surface area contributed by atoms with Crippen molar-refractivity contribution in [2.45, 2.75) is 11.6 Å². The number of aromatic amines is 1. The summed E-state index contributed by atoms with van der Waals surface area (Å²) in [6, 6.07) is 3.70. The molecule has 0 spiro atoms. The monoisotopic (exact) mass is 314 g/mol. The molecule has 3 N–H and O–H groups in total. The van der Waals surface area contributed by atoms with E-state index in [0.29, 0.717) is 12.1 Å². The summed E-state index contributed by atoms with van der Waals surface area (Å²) in [5.74, 6) is -0.617. The number of aromatic nitrogens is 2. The van der Waals surface area contributed by atoms with Gasteiger partial charge in [-0.2, -0.15) is 13.5 Å². The number of benzene rings is 1. The summed E-state index contributed by atoms with van der Waals surface area (Å²) in [5.41, 5.74) is 0.692. The zero-order valence-corrected chi connectivity index (χ0v) is 12.3. The van der Waals surface area contributed by atoms with Crippen LogP contribution in [0.15, 0.2) is 29.4 Å². The van der Waals surface area contributed by atoms with Gasteiger partial charge in [-0.25, -0.2) is 4.39 Å². The van der Waals surface area contributed by atoms with Crippen LogP contribution in [0, 0.1) is 5.82 Å². The first-order valence-electron chi connectivity index (χ1n) is 6.01. The molecular formula is C12H15FN4O3S. The Hall–Kier alpha value is -2.13. The summed E-state index contributed by atoms with van der Waals surface area (Å²) >= 11 is 0. The Bertz CT molecular complexity index is 730. The highest BCUT2D eigenvalue weighted by molar-refractivity contribution is 7.92. The molecule has 0 amide bonds. The summed E-state index contributed by atoms with van der Waals surface area (Å²) in [4.78, 5) is 0. The molecule has 0 aliphatic carbocycles. The van der Waals surface area contributed by atoms with Gasteiger partial charge in [0.15, 0.2) is 16.6 Å². The van der Waals surface area contributed by atoms with Crippen LogP contribution in [0.3, 0.4) is 0 Å². The fourth-order valence-corrected chi connectivity index (χ4v) is 2.96. The second-order valence-corrected chi connectivity index (χ2v) is 5.83. The minimum atomic E-state index is -3.85.